The van der Waals surface area contributed by atoms with E-state index in [1.54, 1.807) is 24.3 Å². The standard InChI is InChI=1S/C11H14N6O2S/c18-20(19,16-7-5-12-6-8-16)11-3-1-10(2-4-11)17-9-13-14-15-17/h1-4,9,12H,5-8H2/p+1. The predicted octanol–water partition coefficient (Wildman–Crippen LogP) is -1.77. The molecule has 106 valence electrons. The Kier molecular flexibility index (Phi) is 3.47. The first-order chi connectivity index (χ1) is 9.68. The molecule has 8 nitrogen and oxygen atoms in total. The molecular weight excluding hydrogens is 280 g/mol. The normalized spacial score (nSPS) is 17.2. The Morgan fingerprint density at radius 1 is 1.10 bits per heavy atom. The summed E-state index contributed by atoms with van der Waals surface area (Å²) in [6.45, 7) is 2.72. The minimum Gasteiger partial charge on any atom is -0.344 e. The molecule has 3 rings (SSSR count). The number of sulfonamides is 1. The number of nitrogens with zero attached hydrogens (tertiary/aromatic N) is 5. The third-order valence-electron chi connectivity index (χ3n) is 3.25. The smallest absolute Gasteiger partial charge is 0.243 e. The highest BCUT2D eigenvalue weighted by Gasteiger charge is 2.27. The number of nitrogens with two attached hydrogens (primary N) is 1. The first-order valence-electron chi connectivity index (χ1n) is 6.33. The molecule has 0 saturated carbocycles. The zero-order chi connectivity index (χ0) is 14.0. The van der Waals surface area contributed by atoms with Gasteiger partial charge in [0.1, 0.15) is 6.33 Å². The lowest BCUT2D eigenvalue weighted by Gasteiger charge is -2.24. The lowest BCUT2D eigenvalue weighted by molar-refractivity contribution is -0.661. The van der Waals surface area contributed by atoms with Crippen molar-refractivity contribution in [2.75, 3.05) is 26.2 Å². The van der Waals surface area contributed by atoms with Gasteiger partial charge >= 0.3 is 0 Å². The molecule has 0 spiro atoms. The Morgan fingerprint density at radius 3 is 2.40 bits per heavy atom. The SMILES string of the molecule is O=S(=O)(c1ccc(-n2cnnn2)cc1)N1CC[NH2+]CC1. The number of hydrogen-bond acceptors (Lipinski definition) is 5. The number of rotatable bonds is 3. The lowest BCUT2D eigenvalue weighted by Crippen LogP contribution is -2.89. The third-order valence-corrected chi connectivity index (χ3v) is 5.17. The molecule has 0 aliphatic carbocycles. The maximum Gasteiger partial charge on any atom is 0.243 e. The minimum atomic E-state index is -3.40. The Labute approximate surface area is 116 Å². The van der Waals surface area contributed by atoms with E-state index < -0.39 is 10.0 Å². The van der Waals surface area contributed by atoms with E-state index in [0.717, 1.165) is 18.8 Å². The van der Waals surface area contributed by atoms with Crippen molar-refractivity contribution in [3.8, 4) is 5.69 Å². The number of quaternary nitrogens is 1. The predicted molar refractivity (Wildman–Crippen MR) is 69.6 cm³/mol. The third kappa shape index (κ3) is 2.42. The average Bonchev–Trinajstić information content (AvgIpc) is 3.02. The fourth-order valence-electron chi connectivity index (χ4n) is 2.17. The molecule has 1 saturated heterocycles. The van der Waals surface area contributed by atoms with Crippen LogP contribution in [-0.4, -0.2) is 59.1 Å². The highest BCUT2D eigenvalue weighted by Crippen LogP contribution is 2.17. The van der Waals surface area contributed by atoms with Crippen molar-refractivity contribution in [2.45, 2.75) is 4.90 Å². The van der Waals surface area contributed by atoms with Crippen molar-refractivity contribution in [2.24, 2.45) is 0 Å². The second-order valence-electron chi connectivity index (χ2n) is 4.52. The molecule has 2 N–H and O–H groups in total. The maximum atomic E-state index is 12.4. The highest BCUT2D eigenvalue weighted by molar-refractivity contribution is 7.89. The zero-order valence-electron chi connectivity index (χ0n) is 10.8. The van der Waals surface area contributed by atoms with Gasteiger partial charge in [-0.1, -0.05) is 0 Å². The molecule has 2 heterocycles. The molecule has 0 radical (unpaired) electrons. The summed E-state index contributed by atoms with van der Waals surface area (Å²) in [5, 5.41) is 13.0. The van der Waals surface area contributed by atoms with Crippen LogP contribution in [0.25, 0.3) is 5.69 Å². The van der Waals surface area contributed by atoms with E-state index in [4.69, 9.17) is 0 Å². The summed E-state index contributed by atoms with van der Waals surface area (Å²) in [5.74, 6) is 0. The van der Waals surface area contributed by atoms with Crippen molar-refractivity contribution in [1.29, 1.82) is 0 Å². The van der Waals surface area contributed by atoms with Crippen LogP contribution in [-0.2, 0) is 10.0 Å². The molecule has 0 bridgehead atoms. The summed E-state index contributed by atoms with van der Waals surface area (Å²) in [5.41, 5.74) is 0.723. The largest absolute Gasteiger partial charge is 0.344 e. The molecular formula is C11H15N6O2S+. The summed E-state index contributed by atoms with van der Waals surface area (Å²) in [6.07, 6.45) is 1.46. The van der Waals surface area contributed by atoms with Crippen molar-refractivity contribution >= 4 is 10.0 Å². The fourth-order valence-corrected chi connectivity index (χ4v) is 3.64. The van der Waals surface area contributed by atoms with Gasteiger partial charge in [-0.15, -0.1) is 5.10 Å². The fraction of sp³-hybridized carbons (Fsp3) is 0.364. The van der Waals surface area contributed by atoms with Crippen LogP contribution in [0.2, 0.25) is 0 Å². The van der Waals surface area contributed by atoms with Gasteiger partial charge in [-0.2, -0.15) is 4.31 Å². The van der Waals surface area contributed by atoms with E-state index in [1.807, 2.05) is 0 Å². The Balaban J connectivity index is 1.87. The topological polar surface area (TPSA) is 97.6 Å². The van der Waals surface area contributed by atoms with Crippen LogP contribution >= 0.6 is 0 Å². The van der Waals surface area contributed by atoms with E-state index in [2.05, 4.69) is 20.8 Å². The van der Waals surface area contributed by atoms with Gasteiger partial charge in [0.25, 0.3) is 0 Å². The second kappa shape index (κ2) is 5.27. The molecule has 0 atom stereocenters. The first kappa shape index (κ1) is 13.2. The number of aromatic nitrogens is 4. The van der Waals surface area contributed by atoms with Crippen LogP contribution < -0.4 is 5.32 Å². The highest BCUT2D eigenvalue weighted by atomic mass is 32.2. The Bertz CT molecular complexity index is 661. The Morgan fingerprint density at radius 2 is 1.80 bits per heavy atom. The molecule has 0 amide bonds. The van der Waals surface area contributed by atoms with Gasteiger partial charge in [-0.05, 0) is 34.7 Å². The van der Waals surface area contributed by atoms with E-state index >= 15 is 0 Å². The molecule has 2 aromatic rings. The van der Waals surface area contributed by atoms with E-state index in [9.17, 15) is 8.42 Å². The van der Waals surface area contributed by atoms with Crippen LogP contribution in [0.4, 0.5) is 0 Å². The Hall–Kier alpha value is -1.84. The summed E-state index contributed by atoms with van der Waals surface area (Å²) in [7, 11) is -3.40. The summed E-state index contributed by atoms with van der Waals surface area (Å²) in [6, 6.07) is 6.56. The summed E-state index contributed by atoms with van der Waals surface area (Å²) in [4.78, 5) is 0.302. The summed E-state index contributed by atoms with van der Waals surface area (Å²) < 4.78 is 27.9. The monoisotopic (exact) mass is 295 g/mol. The van der Waals surface area contributed by atoms with Gasteiger partial charge in [-0.3, -0.25) is 0 Å². The number of piperazine rings is 1. The van der Waals surface area contributed by atoms with Crippen molar-refractivity contribution in [3.05, 3.63) is 30.6 Å². The summed E-state index contributed by atoms with van der Waals surface area (Å²) >= 11 is 0. The minimum absolute atomic E-state index is 0.302. The van der Waals surface area contributed by atoms with Crippen molar-refractivity contribution < 1.29 is 13.7 Å². The van der Waals surface area contributed by atoms with Gasteiger partial charge in [0.15, 0.2) is 0 Å². The zero-order valence-corrected chi connectivity index (χ0v) is 11.6. The van der Waals surface area contributed by atoms with E-state index in [0.29, 0.717) is 18.0 Å². The molecule has 1 aliphatic heterocycles. The first-order valence-corrected chi connectivity index (χ1v) is 7.77. The van der Waals surface area contributed by atoms with E-state index in [-0.39, 0.29) is 0 Å². The molecule has 1 fully saturated rings. The van der Waals surface area contributed by atoms with Gasteiger partial charge in [-0.25, -0.2) is 13.1 Å². The molecule has 1 aromatic carbocycles. The maximum absolute atomic E-state index is 12.4. The van der Waals surface area contributed by atoms with Crippen LogP contribution in [0.3, 0.4) is 0 Å². The number of hydrogen-bond donors (Lipinski definition) is 1. The van der Waals surface area contributed by atoms with Gasteiger partial charge in [0, 0.05) is 0 Å². The van der Waals surface area contributed by atoms with Crippen LogP contribution in [0.1, 0.15) is 0 Å². The molecule has 1 aromatic heterocycles. The molecule has 9 heteroatoms. The van der Waals surface area contributed by atoms with E-state index in [1.165, 1.54) is 15.3 Å². The molecule has 1 aliphatic rings. The van der Waals surface area contributed by atoms with Crippen LogP contribution in [0, 0.1) is 0 Å². The number of tetrazole rings is 1. The average molecular weight is 295 g/mol. The van der Waals surface area contributed by atoms with Crippen LogP contribution in [0.5, 0.6) is 0 Å². The second-order valence-corrected chi connectivity index (χ2v) is 6.46. The van der Waals surface area contributed by atoms with Gasteiger partial charge in [0.2, 0.25) is 10.0 Å². The molecule has 20 heavy (non-hydrogen) atoms. The quantitative estimate of drug-likeness (QED) is 0.723. The van der Waals surface area contributed by atoms with Gasteiger partial charge in [0.05, 0.1) is 36.8 Å². The van der Waals surface area contributed by atoms with Crippen molar-refractivity contribution in [3.63, 3.8) is 0 Å². The molecule has 0 unspecified atom stereocenters. The lowest BCUT2D eigenvalue weighted by atomic mass is 10.3. The van der Waals surface area contributed by atoms with Gasteiger partial charge < -0.3 is 5.32 Å². The number of benzene rings is 1. The van der Waals surface area contributed by atoms with Crippen molar-refractivity contribution in [1.82, 2.24) is 24.5 Å². The van der Waals surface area contributed by atoms with Crippen LogP contribution in [0.15, 0.2) is 35.5 Å².